The first-order valence-electron chi connectivity index (χ1n) is 9.63. The van der Waals surface area contributed by atoms with Gasteiger partial charge in [-0.05, 0) is 48.9 Å². The molecule has 6 nitrogen and oxygen atoms in total. The molecule has 0 fully saturated rings. The zero-order valence-electron chi connectivity index (χ0n) is 16.6. The average molecular weight is 425 g/mol. The van der Waals surface area contributed by atoms with Crippen molar-refractivity contribution in [1.29, 1.82) is 0 Å². The van der Waals surface area contributed by atoms with Crippen LogP contribution in [0.15, 0.2) is 89.8 Å². The van der Waals surface area contributed by atoms with Crippen molar-refractivity contribution in [2.75, 3.05) is 18.5 Å². The lowest BCUT2D eigenvalue weighted by molar-refractivity contribution is 0.0526. The van der Waals surface area contributed by atoms with E-state index in [9.17, 15) is 13.2 Å². The predicted octanol–water partition coefficient (Wildman–Crippen LogP) is 4.00. The van der Waals surface area contributed by atoms with E-state index in [4.69, 9.17) is 4.74 Å². The average Bonchev–Trinajstić information content (AvgIpc) is 2.78. The molecule has 0 saturated heterocycles. The summed E-state index contributed by atoms with van der Waals surface area (Å²) >= 11 is 0. The molecule has 0 aliphatic carbocycles. The number of ether oxygens (including phenoxy) is 1. The summed E-state index contributed by atoms with van der Waals surface area (Å²) < 4.78 is 32.9. The van der Waals surface area contributed by atoms with Gasteiger partial charge in [-0.1, -0.05) is 48.5 Å². The van der Waals surface area contributed by atoms with Crippen molar-refractivity contribution in [3.63, 3.8) is 0 Å². The fourth-order valence-corrected chi connectivity index (χ4v) is 4.00. The molecule has 0 heterocycles. The van der Waals surface area contributed by atoms with Gasteiger partial charge < -0.3 is 10.1 Å². The highest BCUT2D eigenvalue weighted by Gasteiger charge is 2.18. The number of carbonyl (C=O) groups excluding carboxylic acids is 1. The van der Waals surface area contributed by atoms with Gasteiger partial charge in [0.05, 0.1) is 23.1 Å². The first kappa shape index (κ1) is 21.5. The summed E-state index contributed by atoms with van der Waals surface area (Å²) in [6.45, 7) is 2.23. The normalized spacial score (nSPS) is 12.2. The molecule has 0 aliphatic rings. The maximum absolute atomic E-state index is 12.6. The van der Waals surface area contributed by atoms with Crippen molar-refractivity contribution in [2.24, 2.45) is 0 Å². The van der Waals surface area contributed by atoms with Gasteiger partial charge in [-0.3, -0.25) is 0 Å². The van der Waals surface area contributed by atoms with Gasteiger partial charge in [0.1, 0.15) is 0 Å². The van der Waals surface area contributed by atoms with Gasteiger partial charge in [0.2, 0.25) is 10.0 Å². The Morgan fingerprint density at radius 2 is 1.50 bits per heavy atom. The van der Waals surface area contributed by atoms with E-state index in [1.807, 2.05) is 30.3 Å². The van der Waals surface area contributed by atoms with Crippen LogP contribution in [0.2, 0.25) is 0 Å². The van der Waals surface area contributed by atoms with E-state index in [0.29, 0.717) is 12.2 Å². The molecule has 0 amide bonds. The van der Waals surface area contributed by atoms with Crippen LogP contribution in [-0.2, 0) is 14.8 Å². The van der Waals surface area contributed by atoms with Crippen LogP contribution in [0.1, 0.15) is 28.9 Å². The number of rotatable bonds is 9. The van der Waals surface area contributed by atoms with Crippen LogP contribution in [0.25, 0.3) is 0 Å². The summed E-state index contributed by atoms with van der Waals surface area (Å²) in [7, 11) is -3.63. The van der Waals surface area contributed by atoms with Gasteiger partial charge in [-0.2, -0.15) is 0 Å². The molecule has 0 radical (unpaired) electrons. The largest absolute Gasteiger partial charge is 0.462 e. The molecule has 1 unspecified atom stereocenters. The van der Waals surface area contributed by atoms with E-state index in [1.54, 1.807) is 61.5 Å². The van der Waals surface area contributed by atoms with Crippen molar-refractivity contribution in [3.8, 4) is 0 Å². The Hall–Kier alpha value is -3.16. The molecule has 3 aromatic rings. The minimum atomic E-state index is -3.63. The van der Waals surface area contributed by atoms with E-state index in [2.05, 4.69) is 10.0 Å². The van der Waals surface area contributed by atoms with Crippen LogP contribution < -0.4 is 10.0 Å². The monoisotopic (exact) mass is 424 g/mol. The fourth-order valence-electron chi connectivity index (χ4n) is 2.93. The first-order valence-corrected chi connectivity index (χ1v) is 11.1. The molecular weight excluding hydrogens is 400 g/mol. The second-order valence-electron chi connectivity index (χ2n) is 6.57. The topological polar surface area (TPSA) is 84.5 Å². The van der Waals surface area contributed by atoms with Crippen LogP contribution in [-0.4, -0.2) is 27.5 Å². The molecule has 1 atom stereocenters. The smallest absolute Gasteiger partial charge is 0.338 e. The van der Waals surface area contributed by atoms with E-state index in [-0.39, 0.29) is 23.5 Å². The quantitative estimate of drug-likeness (QED) is 0.507. The maximum atomic E-state index is 12.6. The number of carbonyl (C=O) groups is 1. The zero-order valence-corrected chi connectivity index (χ0v) is 17.4. The highest BCUT2D eigenvalue weighted by Crippen LogP contribution is 2.21. The second kappa shape index (κ2) is 10.0. The standard InChI is InChI=1S/C23H24N2O4S/c1-2-29-23(26)19-13-15-20(16-14-19)25-22(18-9-5-3-6-10-18)17-24-30(27,28)21-11-7-4-8-12-21/h3-16,22,24-25H,2,17H2,1H3. The Kier molecular flexibility index (Phi) is 7.21. The Bertz CT molecular complexity index is 1050. The Morgan fingerprint density at radius 1 is 0.900 bits per heavy atom. The number of nitrogens with one attached hydrogen (secondary N) is 2. The number of benzene rings is 3. The highest BCUT2D eigenvalue weighted by molar-refractivity contribution is 7.89. The van der Waals surface area contributed by atoms with Gasteiger partial charge in [-0.15, -0.1) is 0 Å². The van der Waals surface area contributed by atoms with Crippen molar-refractivity contribution in [1.82, 2.24) is 4.72 Å². The molecule has 2 N–H and O–H groups in total. The Balaban J connectivity index is 1.76. The molecule has 0 aliphatic heterocycles. The molecule has 3 rings (SSSR count). The van der Waals surface area contributed by atoms with Crippen LogP contribution >= 0.6 is 0 Å². The molecule has 0 spiro atoms. The zero-order chi connectivity index (χ0) is 21.4. The number of hydrogen-bond donors (Lipinski definition) is 2. The van der Waals surface area contributed by atoms with Crippen molar-refractivity contribution < 1.29 is 17.9 Å². The Labute approximate surface area is 177 Å². The minimum absolute atomic E-state index is 0.154. The summed E-state index contributed by atoms with van der Waals surface area (Å²) in [5, 5.41) is 3.34. The molecule has 0 saturated carbocycles. The summed E-state index contributed by atoms with van der Waals surface area (Å²) in [5.41, 5.74) is 2.15. The lowest BCUT2D eigenvalue weighted by Gasteiger charge is -2.21. The van der Waals surface area contributed by atoms with Crippen LogP contribution in [0.5, 0.6) is 0 Å². The minimum Gasteiger partial charge on any atom is -0.462 e. The van der Waals surface area contributed by atoms with Crippen molar-refractivity contribution >= 4 is 21.7 Å². The van der Waals surface area contributed by atoms with Gasteiger partial charge in [0.15, 0.2) is 0 Å². The van der Waals surface area contributed by atoms with Gasteiger partial charge in [-0.25, -0.2) is 17.9 Å². The summed E-state index contributed by atoms with van der Waals surface area (Å²) in [6, 6.07) is 24.4. The molecular formula is C23H24N2O4S. The van der Waals surface area contributed by atoms with E-state index in [0.717, 1.165) is 11.3 Å². The number of sulfonamides is 1. The molecule has 30 heavy (non-hydrogen) atoms. The summed E-state index contributed by atoms with van der Waals surface area (Å²) in [4.78, 5) is 12.0. The number of hydrogen-bond acceptors (Lipinski definition) is 5. The molecule has 3 aromatic carbocycles. The number of esters is 1. The van der Waals surface area contributed by atoms with Gasteiger partial charge in [0, 0.05) is 12.2 Å². The van der Waals surface area contributed by atoms with E-state index in [1.165, 1.54) is 0 Å². The van der Waals surface area contributed by atoms with Crippen molar-refractivity contribution in [2.45, 2.75) is 17.9 Å². The van der Waals surface area contributed by atoms with E-state index >= 15 is 0 Å². The summed E-state index contributed by atoms with van der Waals surface area (Å²) in [6.07, 6.45) is 0. The predicted molar refractivity (Wildman–Crippen MR) is 117 cm³/mol. The SMILES string of the molecule is CCOC(=O)c1ccc(NC(CNS(=O)(=O)c2ccccc2)c2ccccc2)cc1. The second-order valence-corrected chi connectivity index (χ2v) is 8.34. The maximum Gasteiger partial charge on any atom is 0.338 e. The van der Waals surface area contributed by atoms with Crippen LogP contribution in [0, 0.1) is 0 Å². The third-order valence-corrected chi connectivity index (χ3v) is 5.91. The third kappa shape index (κ3) is 5.68. The Morgan fingerprint density at radius 3 is 2.10 bits per heavy atom. The molecule has 0 bridgehead atoms. The molecule has 7 heteroatoms. The highest BCUT2D eigenvalue weighted by atomic mass is 32.2. The third-order valence-electron chi connectivity index (χ3n) is 4.47. The lowest BCUT2D eigenvalue weighted by atomic mass is 10.1. The van der Waals surface area contributed by atoms with E-state index < -0.39 is 10.0 Å². The van der Waals surface area contributed by atoms with Gasteiger partial charge >= 0.3 is 5.97 Å². The fraction of sp³-hybridized carbons (Fsp3) is 0.174. The van der Waals surface area contributed by atoms with Crippen molar-refractivity contribution in [3.05, 3.63) is 96.1 Å². The summed E-state index contributed by atoms with van der Waals surface area (Å²) in [5.74, 6) is -0.376. The molecule has 0 aromatic heterocycles. The number of anilines is 1. The van der Waals surface area contributed by atoms with Crippen LogP contribution in [0.4, 0.5) is 5.69 Å². The lowest BCUT2D eigenvalue weighted by Crippen LogP contribution is -2.31. The first-order chi connectivity index (χ1) is 14.5. The van der Waals surface area contributed by atoms with Gasteiger partial charge in [0.25, 0.3) is 0 Å². The molecule has 156 valence electrons. The van der Waals surface area contributed by atoms with Crippen LogP contribution in [0.3, 0.4) is 0 Å².